The van der Waals surface area contributed by atoms with Crippen molar-refractivity contribution in [1.82, 2.24) is 9.80 Å². The fourth-order valence-electron chi connectivity index (χ4n) is 7.85. The van der Waals surface area contributed by atoms with Crippen LogP contribution in [0.1, 0.15) is 40.7 Å². The van der Waals surface area contributed by atoms with Crippen molar-refractivity contribution in [2.45, 2.75) is 43.9 Å². The number of fused-ring (bicyclic) bond motifs is 2. The number of benzene rings is 3. The highest BCUT2D eigenvalue weighted by atomic mass is 35.5. The smallest absolute Gasteiger partial charge is 0.378 e. The Morgan fingerprint density at radius 3 is 2.23 bits per heavy atom. The Hall–Kier alpha value is -4.53. The highest BCUT2D eigenvalue weighted by molar-refractivity contribution is 7.86. The first kappa shape index (κ1) is 36.8. The Balaban J connectivity index is 1.11. The molecule has 4 atom stereocenters. The minimum atomic E-state index is -1.33. The van der Waals surface area contributed by atoms with Crippen LogP contribution >= 0.6 is 11.6 Å². The number of β-lactam (4-membered cyclic amide) rings is 1. The number of carbonyl (C=O) groups is 3. The summed E-state index contributed by atoms with van der Waals surface area (Å²) in [7, 11) is 7.16. The van der Waals surface area contributed by atoms with E-state index in [1.54, 1.807) is 26.4 Å². The van der Waals surface area contributed by atoms with Crippen molar-refractivity contribution in [1.29, 1.82) is 0 Å². The molecule has 2 unspecified atom stereocenters. The molecule has 3 saturated heterocycles. The first-order valence-corrected chi connectivity index (χ1v) is 19.2. The van der Waals surface area contributed by atoms with Crippen molar-refractivity contribution >= 4 is 48.2 Å². The zero-order chi connectivity index (χ0) is 37.3. The predicted molar refractivity (Wildman–Crippen MR) is 197 cm³/mol. The molecule has 0 N–H and O–H groups in total. The minimum absolute atomic E-state index is 0.0604. The number of quaternary nitrogens is 1. The van der Waals surface area contributed by atoms with Gasteiger partial charge in [0.2, 0.25) is 5.91 Å². The average Bonchev–Trinajstić information content (AvgIpc) is 3.59. The van der Waals surface area contributed by atoms with E-state index in [1.165, 1.54) is 4.90 Å². The number of nitrogens with zero attached hydrogens (tertiary/aromatic N) is 3. The summed E-state index contributed by atoms with van der Waals surface area (Å²) < 4.78 is 41.3. The van der Waals surface area contributed by atoms with Crippen molar-refractivity contribution in [2.24, 2.45) is 0 Å². The molecule has 0 spiro atoms. The first-order valence-electron chi connectivity index (χ1n) is 17.5. The maximum Gasteiger partial charge on any atom is 0.378 e. The predicted octanol–water partition coefficient (Wildman–Crippen LogP) is 4.15. The van der Waals surface area contributed by atoms with Gasteiger partial charge in [0, 0.05) is 29.2 Å². The number of carbonyl (C=O) groups excluding carboxylic acids is 3. The standard InChI is InChI=1S/C38H40BClN3O9S/c1-48-28-9-5-24(6-10-28)21-50-31-14-13-30(34(40)36(31)51-22-25-7-11-29(49-2)12-8-25)37(45)41-15-17-43(16-3-4-27(43)19-41)20-26-23-53(47)33-18-32(44)42(33)35(26)38(46)52-39/h5-14,27,33H,3-4,15-23H2,1-2H3/q+1/t27-,33+,43?,53?/m0/s1. The van der Waals surface area contributed by atoms with Gasteiger partial charge in [0.25, 0.3) is 5.91 Å². The third kappa shape index (κ3) is 7.24. The van der Waals surface area contributed by atoms with E-state index in [0.717, 1.165) is 42.0 Å². The summed E-state index contributed by atoms with van der Waals surface area (Å²) in [6, 6.07) is 18.4. The SMILES string of the molecule is [B]OC(=O)C1=C(C[N+]23CCC[C@H]2CN(C(=O)c2ccc(OCc4ccc(OC)cc4)c(OCc4ccc(OC)cc4)c2Cl)CC3)CS(=O)[C@@H]2CC(=O)N12. The lowest BCUT2D eigenvalue weighted by Crippen LogP contribution is -2.65. The molecular formula is C38H40BClN3O9S+. The molecule has 3 fully saturated rings. The van der Waals surface area contributed by atoms with Gasteiger partial charge in [0.1, 0.15) is 48.4 Å². The molecule has 0 saturated carbocycles. The Morgan fingerprint density at radius 1 is 0.943 bits per heavy atom. The second-order valence-corrected chi connectivity index (χ2v) is 15.7. The van der Waals surface area contributed by atoms with E-state index in [9.17, 15) is 18.6 Å². The normalized spacial score (nSPS) is 23.5. The largest absolute Gasteiger partial charge is 0.539 e. The van der Waals surface area contributed by atoms with E-state index in [4.69, 9.17) is 38.6 Å². The Labute approximate surface area is 317 Å². The van der Waals surface area contributed by atoms with E-state index < -0.39 is 22.1 Å². The van der Waals surface area contributed by atoms with E-state index in [0.29, 0.717) is 47.5 Å². The Kier molecular flexibility index (Phi) is 10.7. The maximum absolute atomic E-state index is 14.2. The molecule has 7 rings (SSSR count). The molecule has 2 amide bonds. The van der Waals surface area contributed by atoms with Crippen LogP contribution in [0.15, 0.2) is 71.9 Å². The van der Waals surface area contributed by atoms with Crippen LogP contribution in [0, 0.1) is 0 Å². The van der Waals surface area contributed by atoms with Crippen LogP contribution in [0.3, 0.4) is 0 Å². The molecule has 3 aromatic carbocycles. The van der Waals surface area contributed by atoms with Gasteiger partial charge in [-0.2, -0.15) is 0 Å². The molecular weight excluding hydrogens is 721 g/mol. The number of hydrogen-bond donors (Lipinski definition) is 0. The van der Waals surface area contributed by atoms with E-state index >= 15 is 0 Å². The fraction of sp³-hybridized carbons (Fsp3) is 0.395. The molecule has 53 heavy (non-hydrogen) atoms. The summed E-state index contributed by atoms with van der Waals surface area (Å²) in [5.41, 5.74) is 2.81. The van der Waals surface area contributed by atoms with Crippen LogP contribution < -0.4 is 18.9 Å². The van der Waals surface area contributed by atoms with E-state index in [-0.39, 0.29) is 59.7 Å². The van der Waals surface area contributed by atoms with Crippen molar-refractivity contribution in [2.75, 3.05) is 52.7 Å². The zero-order valence-corrected chi connectivity index (χ0v) is 31.2. The first-order chi connectivity index (χ1) is 25.6. The number of halogens is 1. The minimum Gasteiger partial charge on any atom is -0.539 e. The summed E-state index contributed by atoms with van der Waals surface area (Å²) in [5.74, 6) is 1.00. The van der Waals surface area contributed by atoms with Gasteiger partial charge in [-0.25, -0.2) is 4.79 Å². The molecule has 0 aromatic heterocycles. The summed E-state index contributed by atoms with van der Waals surface area (Å²) in [6.45, 7) is 3.17. The number of amides is 2. The monoisotopic (exact) mass is 760 g/mol. The van der Waals surface area contributed by atoms with Gasteiger partial charge < -0.3 is 33.0 Å². The summed E-state index contributed by atoms with van der Waals surface area (Å²) in [4.78, 5) is 42.7. The van der Waals surface area contributed by atoms with Gasteiger partial charge in [-0.1, -0.05) is 35.9 Å². The van der Waals surface area contributed by atoms with Gasteiger partial charge in [-0.3, -0.25) is 18.7 Å². The summed E-state index contributed by atoms with van der Waals surface area (Å²) in [6.07, 6.45) is 1.92. The molecule has 12 nitrogen and oxygen atoms in total. The van der Waals surface area contributed by atoms with E-state index in [2.05, 4.69) is 4.65 Å². The topological polar surface area (TPSA) is 121 Å². The van der Waals surface area contributed by atoms with E-state index in [1.807, 2.05) is 53.4 Å². The lowest BCUT2D eigenvalue weighted by molar-refractivity contribution is -0.938. The fourth-order valence-corrected chi connectivity index (χ4v) is 9.69. The Bertz CT molecular complexity index is 1960. The van der Waals surface area contributed by atoms with Crippen molar-refractivity contribution in [3.8, 4) is 23.0 Å². The number of hydrogen-bond acceptors (Lipinski definition) is 9. The maximum atomic E-state index is 14.2. The quantitative estimate of drug-likeness (QED) is 0.152. The molecule has 2 radical (unpaired) electrons. The van der Waals surface area contributed by atoms with Crippen LogP contribution in [0.4, 0.5) is 0 Å². The van der Waals surface area contributed by atoms with Crippen molar-refractivity contribution in [3.05, 3.63) is 93.6 Å². The average molecular weight is 761 g/mol. The number of ether oxygens (including phenoxy) is 4. The van der Waals surface area contributed by atoms with Crippen LogP contribution in [-0.4, -0.2) is 108 Å². The molecule has 276 valence electrons. The lowest BCUT2D eigenvalue weighted by Gasteiger charge is -2.49. The van der Waals surface area contributed by atoms with Crippen LogP contribution in [-0.2, 0) is 38.3 Å². The summed E-state index contributed by atoms with van der Waals surface area (Å²) in [5, 5.41) is -0.375. The highest BCUT2D eigenvalue weighted by Crippen LogP contribution is 2.42. The number of piperazine rings is 1. The van der Waals surface area contributed by atoms with Gasteiger partial charge >= 0.3 is 14.0 Å². The zero-order valence-electron chi connectivity index (χ0n) is 29.6. The second-order valence-electron chi connectivity index (χ2n) is 13.7. The number of methoxy groups -OCH3 is 2. The second kappa shape index (κ2) is 15.4. The van der Waals surface area contributed by atoms with Gasteiger partial charge in [0.15, 0.2) is 11.5 Å². The third-order valence-electron chi connectivity index (χ3n) is 10.7. The summed E-state index contributed by atoms with van der Waals surface area (Å²) >= 11 is 7.03. The molecule has 4 aliphatic heterocycles. The van der Waals surface area contributed by atoms with Crippen molar-refractivity contribution < 1.29 is 46.7 Å². The van der Waals surface area contributed by atoms with Gasteiger partial charge in [-0.05, 0) is 47.5 Å². The molecule has 0 aliphatic carbocycles. The van der Waals surface area contributed by atoms with Crippen LogP contribution in [0.2, 0.25) is 5.02 Å². The molecule has 4 aliphatic rings. The lowest BCUT2D eigenvalue weighted by atomic mass is 10.0. The third-order valence-corrected chi connectivity index (χ3v) is 12.7. The molecule has 4 heterocycles. The Morgan fingerprint density at radius 2 is 1.60 bits per heavy atom. The highest BCUT2D eigenvalue weighted by Gasteiger charge is 2.53. The van der Waals surface area contributed by atoms with Crippen molar-refractivity contribution in [3.63, 3.8) is 0 Å². The molecule has 0 bridgehead atoms. The van der Waals surface area contributed by atoms with Crippen LogP contribution in [0.5, 0.6) is 23.0 Å². The van der Waals surface area contributed by atoms with Gasteiger partial charge in [-0.15, -0.1) is 0 Å². The van der Waals surface area contributed by atoms with Gasteiger partial charge in [0.05, 0.1) is 63.2 Å². The molecule has 3 aromatic rings. The van der Waals surface area contributed by atoms with Crippen LogP contribution in [0.25, 0.3) is 0 Å². The molecule has 15 heteroatoms. The number of rotatable bonds is 12.